The molecule has 1 aromatic heterocycles. The third-order valence-corrected chi connectivity index (χ3v) is 4.64. The standard InChI is InChI=1S/C20H18N4O4/c1-28-14-9-5-8-13(10-14)16-15-17(22-19(26)21-16)24(20(27)23-18(15)25)11-12-6-3-2-4-7-12/h2-10,16H,11H2,1H3,(H2,21,22,26)(H,23,25,27). The van der Waals surface area contributed by atoms with Crippen LogP contribution in [-0.2, 0) is 6.54 Å². The molecule has 2 aromatic carbocycles. The van der Waals surface area contributed by atoms with E-state index in [2.05, 4.69) is 15.6 Å². The van der Waals surface area contributed by atoms with E-state index in [-0.39, 0.29) is 17.9 Å². The van der Waals surface area contributed by atoms with Crippen molar-refractivity contribution in [2.24, 2.45) is 0 Å². The van der Waals surface area contributed by atoms with Gasteiger partial charge >= 0.3 is 11.7 Å². The SMILES string of the molecule is COc1cccc(C2NC(=O)Nc3c2c(=O)[nH]c(=O)n3Cc2ccccc2)c1. The highest BCUT2D eigenvalue weighted by Crippen LogP contribution is 2.30. The first-order valence-electron chi connectivity index (χ1n) is 8.69. The molecule has 1 aliphatic heterocycles. The van der Waals surface area contributed by atoms with Crippen LogP contribution in [0.15, 0.2) is 64.2 Å². The summed E-state index contributed by atoms with van der Waals surface area (Å²) < 4.78 is 6.60. The number of fused-ring (bicyclic) bond motifs is 1. The molecule has 0 saturated heterocycles. The fourth-order valence-electron chi connectivity index (χ4n) is 3.32. The number of urea groups is 1. The molecule has 28 heavy (non-hydrogen) atoms. The van der Waals surface area contributed by atoms with Gasteiger partial charge in [0.2, 0.25) is 0 Å². The Morgan fingerprint density at radius 3 is 2.57 bits per heavy atom. The van der Waals surface area contributed by atoms with Crippen molar-refractivity contribution in [3.63, 3.8) is 0 Å². The van der Waals surface area contributed by atoms with Crippen molar-refractivity contribution in [3.05, 3.63) is 92.1 Å². The second-order valence-corrected chi connectivity index (χ2v) is 6.40. The van der Waals surface area contributed by atoms with Gasteiger partial charge in [0.1, 0.15) is 11.6 Å². The number of amides is 2. The maximum atomic E-state index is 12.6. The topological polar surface area (TPSA) is 105 Å². The molecule has 8 nitrogen and oxygen atoms in total. The van der Waals surface area contributed by atoms with Crippen LogP contribution in [-0.4, -0.2) is 22.7 Å². The molecule has 3 N–H and O–H groups in total. The largest absolute Gasteiger partial charge is 0.497 e. The van der Waals surface area contributed by atoms with Gasteiger partial charge in [-0.15, -0.1) is 0 Å². The lowest BCUT2D eigenvalue weighted by Crippen LogP contribution is -2.46. The lowest BCUT2D eigenvalue weighted by Gasteiger charge is -2.28. The number of hydrogen-bond donors (Lipinski definition) is 3. The fraction of sp³-hybridized carbons (Fsp3) is 0.150. The Labute approximate surface area is 159 Å². The average Bonchev–Trinajstić information content (AvgIpc) is 2.71. The van der Waals surface area contributed by atoms with Gasteiger partial charge in [0.25, 0.3) is 5.56 Å². The Kier molecular flexibility index (Phi) is 4.44. The molecule has 1 unspecified atom stereocenters. The van der Waals surface area contributed by atoms with Gasteiger partial charge in [-0.25, -0.2) is 9.59 Å². The molecule has 0 saturated carbocycles. The molecule has 1 atom stereocenters. The second-order valence-electron chi connectivity index (χ2n) is 6.40. The number of anilines is 1. The quantitative estimate of drug-likeness (QED) is 0.644. The zero-order valence-electron chi connectivity index (χ0n) is 15.1. The summed E-state index contributed by atoms with van der Waals surface area (Å²) in [5, 5.41) is 5.37. The van der Waals surface area contributed by atoms with E-state index < -0.39 is 23.3 Å². The van der Waals surface area contributed by atoms with Crippen molar-refractivity contribution in [2.75, 3.05) is 12.4 Å². The molecule has 2 amide bonds. The number of hydrogen-bond acceptors (Lipinski definition) is 4. The van der Waals surface area contributed by atoms with Crippen LogP contribution in [0.3, 0.4) is 0 Å². The van der Waals surface area contributed by atoms with Crippen molar-refractivity contribution in [1.29, 1.82) is 0 Å². The molecular formula is C20H18N4O4. The van der Waals surface area contributed by atoms with E-state index in [4.69, 9.17) is 4.74 Å². The predicted molar refractivity (Wildman–Crippen MR) is 104 cm³/mol. The summed E-state index contributed by atoms with van der Waals surface area (Å²) in [6.45, 7) is 0.212. The molecule has 8 heteroatoms. The maximum Gasteiger partial charge on any atom is 0.330 e. The Morgan fingerprint density at radius 1 is 1.04 bits per heavy atom. The highest BCUT2D eigenvalue weighted by Gasteiger charge is 2.31. The van der Waals surface area contributed by atoms with Gasteiger partial charge < -0.3 is 10.1 Å². The molecular weight excluding hydrogens is 360 g/mol. The van der Waals surface area contributed by atoms with Crippen LogP contribution in [0.25, 0.3) is 0 Å². The molecule has 3 aromatic rings. The van der Waals surface area contributed by atoms with Crippen molar-refractivity contribution in [2.45, 2.75) is 12.6 Å². The van der Waals surface area contributed by atoms with Gasteiger partial charge in [-0.3, -0.25) is 19.7 Å². The number of rotatable bonds is 4. The molecule has 142 valence electrons. The highest BCUT2D eigenvalue weighted by molar-refractivity contribution is 5.92. The normalized spacial score (nSPS) is 15.3. The molecule has 1 aliphatic rings. The third kappa shape index (κ3) is 3.16. The summed E-state index contributed by atoms with van der Waals surface area (Å²) in [5.74, 6) is 0.787. The summed E-state index contributed by atoms with van der Waals surface area (Å²) in [5.41, 5.74) is 0.669. The summed E-state index contributed by atoms with van der Waals surface area (Å²) in [4.78, 5) is 39.8. The Hall–Kier alpha value is -3.81. The average molecular weight is 378 g/mol. The lowest BCUT2D eigenvalue weighted by atomic mass is 9.98. The van der Waals surface area contributed by atoms with Gasteiger partial charge in [0.15, 0.2) is 0 Å². The Morgan fingerprint density at radius 2 is 1.82 bits per heavy atom. The molecule has 0 radical (unpaired) electrons. The van der Waals surface area contributed by atoms with E-state index in [0.29, 0.717) is 11.3 Å². The van der Waals surface area contributed by atoms with Crippen LogP contribution >= 0.6 is 0 Å². The number of benzene rings is 2. The van der Waals surface area contributed by atoms with Crippen molar-refractivity contribution in [1.82, 2.24) is 14.9 Å². The van der Waals surface area contributed by atoms with Crippen LogP contribution in [0.5, 0.6) is 5.75 Å². The van der Waals surface area contributed by atoms with E-state index >= 15 is 0 Å². The zero-order valence-corrected chi connectivity index (χ0v) is 15.1. The molecule has 2 heterocycles. The molecule has 0 aliphatic carbocycles. The van der Waals surface area contributed by atoms with Gasteiger partial charge in [0, 0.05) is 0 Å². The maximum absolute atomic E-state index is 12.6. The summed E-state index contributed by atoms with van der Waals surface area (Å²) in [6.07, 6.45) is 0. The van der Waals surface area contributed by atoms with E-state index in [9.17, 15) is 14.4 Å². The molecule has 0 spiro atoms. The minimum Gasteiger partial charge on any atom is -0.497 e. The number of nitrogens with zero attached hydrogens (tertiary/aromatic N) is 1. The van der Waals surface area contributed by atoms with Crippen LogP contribution in [0.4, 0.5) is 10.6 Å². The Bertz CT molecular complexity index is 1150. The number of aromatic amines is 1. The first kappa shape index (κ1) is 17.6. The number of H-pyrrole nitrogens is 1. The predicted octanol–water partition coefficient (Wildman–Crippen LogP) is 1.82. The summed E-state index contributed by atoms with van der Waals surface area (Å²) in [7, 11) is 1.54. The number of nitrogens with one attached hydrogen (secondary N) is 3. The third-order valence-electron chi connectivity index (χ3n) is 4.64. The smallest absolute Gasteiger partial charge is 0.330 e. The number of carbonyl (C=O) groups excluding carboxylic acids is 1. The molecule has 0 bridgehead atoms. The highest BCUT2D eigenvalue weighted by atomic mass is 16.5. The minimum absolute atomic E-state index is 0.189. The minimum atomic E-state index is -0.717. The van der Waals surface area contributed by atoms with Crippen LogP contribution in [0, 0.1) is 0 Å². The van der Waals surface area contributed by atoms with Crippen LogP contribution in [0.2, 0.25) is 0 Å². The van der Waals surface area contributed by atoms with Crippen LogP contribution < -0.4 is 26.6 Å². The first-order chi connectivity index (χ1) is 13.6. The number of ether oxygens (including phenoxy) is 1. The lowest BCUT2D eigenvalue weighted by molar-refractivity contribution is 0.248. The van der Waals surface area contributed by atoms with Crippen LogP contribution in [0.1, 0.15) is 22.7 Å². The van der Waals surface area contributed by atoms with Crippen molar-refractivity contribution < 1.29 is 9.53 Å². The Balaban J connectivity index is 1.88. The summed E-state index contributed by atoms with van der Waals surface area (Å²) in [6, 6.07) is 15.2. The second kappa shape index (κ2) is 7.07. The fourth-order valence-corrected chi connectivity index (χ4v) is 3.32. The van der Waals surface area contributed by atoms with Gasteiger partial charge in [0.05, 0.1) is 25.3 Å². The number of methoxy groups -OCH3 is 1. The van der Waals surface area contributed by atoms with Crippen molar-refractivity contribution >= 4 is 11.8 Å². The van der Waals surface area contributed by atoms with Gasteiger partial charge in [-0.1, -0.05) is 42.5 Å². The van der Waals surface area contributed by atoms with Crippen molar-refractivity contribution in [3.8, 4) is 5.75 Å². The molecule has 0 fully saturated rings. The number of aromatic nitrogens is 2. The van der Waals surface area contributed by atoms with Gasteiger partial charge in [-0.05, 0) is 23.3 Å². The first-order valence-corrected chi connectivity index (χ1v) is 8.69. The summed E-state index contributed by atoms with van der Waals surface area (Å²) >= 11 is 0. The van der Waals surface area contributed by atoms with E-state index in [1.165, 1.54) is 4.57 Å². The number of carbonyl (C=O) groups is 1. The monoisotopic (exact) mass is 378 g/mol. The zero-order chi connectivity index (χ0) is 19.7. The van der Waals surface area contributed by atoms with Gasteiger partial charge in [-0.2, -0.15) is 0 Å². The van der Waals surface area contributed by atoms with E-state index in [0.717, 1.165) is 5.56 Å². The van der Waals surface area contributed by atoms with E-state index in [1.54, 1.807) is 31.4 Å². The van der Waals surface area contributed by atoms with E-state index in [1.807, 2.05) is 30.3 Å². The molecule has 4 rings (SSSR count).